The Morgan fingerprint density at radius 1 is 1.18 bits per heavy atom. The number of hydrogen-bond donors (Lipinski definition) is 1. The lowest BCUT2D eigenvalue weighted by molar-refractivity contribution is -0.0493. The van der Waals surface area contributed by atoms with Crippen molar-refractivity contribution in [2.24, 2.45) is 23.2 Å². The van der Waals surface area contributed by atoms with Gasteiger partial charge in [-0.05, 0) is 101 Å². The SMILES string of the molecule is CCCN(C[C@H](C1=C[CH]1)C(C)C)C1CC2(CCN(CC3CCNCC3)CC2)C1. The summed E-state index contributed by atoms with van der Waals surface area (Å²) in [4.78, 5) is 5.66. The van der Waals surface area contributed by atoms with Crippen LogP contribution in [0.3, 0.4) is 0 Å². The van der Waals surface area contributed by atoms with E-state index in [0.29, 0.717) is 5.41 Å². The van der Waals surface area contributed by atoms with Crippen molar-refractivity contribution in [3.05, 3.63) is 18.1 Å². The summed E-state index contributed by atoms with van der Waals surface area (Å²) >= 11 is 0. The summed E-state index contributed by atoms with van der Waals surface area (Å²) in [6, 6.07) is 0.858. The molecule has 1 saturated carbocycles. The van der Waals surface area contributed by atoms with Gasteiger partial charge in [-0.2, -0.15) is 0 Å². The third-order valence-electron chi connectivity index (χ3n) is 8.28. The molecule has 0 aromatic heterocycles. The second-order valence-corrected chi connectivity index (χ2v) is 10.7. The third kappa shape index (κ3) is 5.02. The van der Waals surface area contributed by atoms with Crippen LogP contribution in [0.2, 0.25) is 0 Å². The highest BCUT2D eigenvalue weighted by atomic mass is 15.2. The first-order valence-corrected chi connectivity index (χ1v) is 12.3. The fourth-order valence-corrected chi connectivity index (χ4v) is 6.20. The zero-order valence-corrected chi connectivity index (χ0v) is 18.8. The van der Waals surface area contributed by atoms with Crippen molar-refractivity contribution in [2.45, 2.75) is 71.8 Å². The first-order chi connectivity index (χ1) is 13.6. The maximum Gasteiger partial charge on any atom is 0.0106 e. The number of likely N-dealkylation sites (tertiary alicyclic amines) is 1. The van der Waals surface area contributed by atoms with E-state index in [9.17, 15) is 0 Å². The molecular formula is C25H44N3. The van der Waals surface area contributed by atoms with E-state index in [1.54, 1.807) is 5.57 Å². The van der Waals surface area contributed by atoms with Crippen molar-refractivity contribution in [1.29, 1.82) is 0 Å². The molecule has 159 valence electrons. The number of piperidine rings is 2. The van der Waals surface area contributed by atoms with E-state index in [-0.39, 0.29) is 0 Å². The van der Waals surface area contributed by atoms with Crippen LogP contribution >= 0.6 is 0 Å². The van der Waals surface area contributed by atoms with Gasteiger partial charge in [0.05, 0.1) is 0 Å². The first-order valence-electron chi connectivity index (χ1n) is 12.3. The van der Waals surface area contributed by atoms with Crippen LogP contribution in [0.1, 0.15) is 65.7 Å². The van der Waals surface area contributed by atoms with Crippen molar-refractivity contribution in [3.63, 3.8) is 0 Å². The van der Waals surface area contributed by atoms with Gasteiger partial charge in [-0.3, -0.25) is 4.90 Å². The first kappa shape index (κ1) is 20.9. The van der Waals surface area contributed by atoms with Crippen molar-refractivity contribution in [3.8, 4) is 0 Å². The van der Waals surface area contributed by atoms with Crippen LogP contribution in [-0.2, 0) is 0 Å². The second kappa shape index (κ2) is 9.18. The van der Waals surface area contributed by atoms with Gasteiger partial charge in [-0.15, -0.1) is 0 Å². The van der Waals surface area contributed by atoms with E-state index in [1.807, 2.05) is 0 Å². The summed E-state index contributed by atoms with van der Waals surface area (Å²) in [6.45, 7) is 16.3. The quantitative estimate of drug-likeness (QED) is 0.635. The Kier molecular flexibility index (Phi) is 6.85. The lowest BCUT2D eigenvalue weighted by Gasteiger charge is -2.56. The lowest BCUT2D eigenvalue weighted by Crippen LogP contribution is -2.56. The van der Waals surface area contributed by atoms with Crippen LogP contribution in [0, 0.1) is 29.6 Å². The van der Waals surface area contributed by atoms with Gasteiger partial charge >= 0.3 is 0 Å². The van der Waals surface area contributed by atoms with E-state index in [2.05, 4.69) is 48.4 Å². The van der Waals surface area contributed by atoms with Gasteiger partial charge in [-0.25, -0.2) is 0 Å². The van der Waals surface area contributed by atoms with Gasteiger partial charge in [0.2, 0.25) is 0 Å². The summed E-state index contributed by atoms with van der Waals surface area (Å²) in [6.07, 6.45) is 14.6. The van der Waals surface area contributed by atoms with Crippen molar-refractivity contribution in [2.75, 3.05) is 45.8 Å². The van der Waals surface area contributed by atoms with E-state index >= 15 is 0 Å². The lowest BCUT2D eigenvalue weighted by atomic mass is 9.59. The highest BCUT2D eigenvalue weighted by molar-refractivity contribution is 5.41. The molecule has 3 heteroatoms. The molecule has 3 fully saturated rings. The van der Waals surface area contributed by atoms with E-state index in [0.717, 1.165) is 23.8 Å². The molecule has 2 aliphatic carbocycles. The van der Waals surface area contributed by atoms with Crippen molar-refractivity contribution in [1.82, 2.24) is 15.1 Å². The molecule has 0 aromatic rings. The number of allylic oxidation sites excluding steroid dienone is 1. The minimum atomic E-state index is 0.694. The normalized spacial score (nSPS) is 27.2. The Morgan fingerprint density at radius 2 is 1.86 bits per heavy atom. The molecule has 1 atom stereocenters. The Balaban J connectivity index is 1.23. The van der Waals surface area contributed by atoms with Crippen LogP contribution in [0.4, 0.5) is 0 Å². The fraction of sp³-hybridized carbons (Fsp3) is 0.880. The molecule has 28 heavy (non-hydrogen) atoms. The number of hydrogen-bond acceptors (Lipinski definition) is 3. The molecule has 2 heterocycles. The minimum absolute atomic E-state index is 0.694. The molecular weight excluding hydrogens is 342 g/mol. The van der Waals surface area contributed by atoms with Gasteiger partial charge in [0, 0.05) is 25.6 Å². The van der Waals surface area contributed by atoms with Crippen LogP contribution in [0.25, 0.3) is 0 Å². The minimum Gasteiger partial charge on any atom is -0.317 e. The van der Waals surface area contributed by atoms with Crippen molar-refractivity contribution >= 4 is 0 Å². The second-order valence-electron chi connectivity index (χ2n) is 10.7. The van der Waals surface area contributed by atoms with Gasteiger partial charge in [0.15, 0.2) is 0 Å². The zero-order valence-electron chi connectivity index (χ0n) is 18.8. The smallest absolute Gasteiger partial charge is 0.0106 e. The van der Waals surface area contributed by atoms with Crippen LogP contribution in [0.15, 0.2) is 11.6 Å². The molecule has 2 aliphatic heterocycles. The van der Waals surface area contributed by atoms with Gasteiger partial charge in [-0.1, -0.05) is 32.4 Å². The molecule has 4 aliphatic rings. The predicted molar refractivity (Wildman–Crippen MR) is 119 cm³/mol. The molecule has 0 aromatic carbocycles. The summed E-state index contributed by atoms with van der Waals surface area (Å²) in [5, 5.41) is 3.51. The molecule has 0 bridgehead atoms. The van der Waals surface area contributed by atoms with Crippen LogP contribution < -0.4 is 5.32 Å². The Hall–Kier alpha value is -0.380. The van der Waals surface area contributed by atoms with E-state index < -0.39 is 0 Å². The molecule has 2 saturated heterocycles. The fourth-order valence-electron chi connectivity index (χ4n) is 6.20. The average Bonchev–Trinajstić information content (AvgIpc) is 3.50. The Bertz CT molecular complexity index is 518. The highest BCUT2D eigenvalue weighted by Crippen LogP contribution is 2.51. The summed E-state index contributed by atoms with van der Waals surface area (Å²) in [7, 11) is 0. The Morgan fingerprint density at radius 3 is 2.43 bits per heavy atom. The summed E-state index contributed by atoms with van der Waals surface area (Å²) in [5.41, 5.74) is 2.32. The highest BCUT2D eigenvalue weighted by Gasteiger charge is 2.48. The summed E-state index contributed by atoms with van der Waals surface area (Å²) in [5.74, 6) is 2.47. The van der Waals surface area contributed by atoms with Gasteiger partial charge in [0.25, 0.3) is 0 Å². The largest absolute Gasteiger partial charge is 0.317 e. The molecule has 1 spiro atoms. The van der Waals surface area contributed by atoms with Crippen LogP contribution in [-0.4, -0.2) is 61.7 Å². The molecule has 0 amide bonds. The predicted octanol–water partition coefficient (Wildman–Crippen LogP) is 4.36. The number of rotatable bonds is 9. The standard InChI is InChI=1S/C25H44N3/c1-4-13-28(19-24(20(2)3)22-5-6-22)23-16-25(17-23)9-14-27(15-10-25)18-21-7-11-26-12-8-21/h5-6,20-21,23-24,26H,4,7-19H2,1-3H3/t24-/m0/s1. The van der Waals surface area contributed by atoms with Crippen LogP contribution in [0.5, 0.6) is 0 Å². The maximum atomic E-state index is 3.51. The maximum absolute atomic E-state index is 3.51. The topological polar surface area (TPSA) is 18.5 Å². The van der Waals surface area contributed by atoms with Crippen molar-refractivity contribution < 1.29 is 0 Å². The number of nitrogens with one attached hydrogen (secondary N) is 1. The van der Waals surface area contributed by atoms with Gasteiger partial charge in [0.1, 0.15) is 0 Å². The monoisotopic (exact) mass is 386 g/mol. The molecule has 1 radical (unpaired) electrons. The van der Waals surface area contributed by atoms with E-state index in [1.165, 1.54) is 90.8 Å². The van der Waals surface area contributed by atoms with Gasteiger partial charge < -0.3 is 10.2 Å². The molecule has 1 N–H and O–H groups in total. The average molecular weight is 387 g/mol. The number of nitrogens with zero attached hydrogens (tertiary/aromatic N) is 2. The Labute approximate surface area is 174 Å². The van der Waals surface area contributed by atoms with E-state index in [4.69, 9.17) is 0 Å². The summed E-state index contributed by atoms with van der Waals surface area (Å²) < 4.78 is 0. The third-order valence-corrected chi connectivity index (χ3v) is 8.28. The molecule has 0 unspecified atom stereocenters. The molecule has 3 nitrogen and oxygen atoms in total. The molecule has 4 rings (SSSR count). The zero-order chi connectivity index (χ0) is 19.6.